The number of nitrogens with one attached hydrogen (secondary N) is 2. The highest BCUT2D eigenvalue weighted by Gasteiger charge is 2.18. The monoisotopic (exact) mass is 319 g/mol. The fourth-order valence-electron chi connectivity index (χ4n) is 2.05. The molecular formula is C12H15Cl2N3O3. The summed E-state index contributed by atoms with van der Waals surface area (Å²) in [5.74, 6) is -0.334. The van der Waals surface area contributed by atoms with Gasteiger partial charge >= 0.3 is 0 Å². The summed E-state index contributed by atoms with van der Waals surface area (Å²) in [6, 6.07) is 3.94. The first-order valence-corrected chi connectivity index (χ1v) is 6.40. The van der Waals surface area contributed by atoms with Gasteiger partial charge in [0.05, 0.1) is 4.92 Å². The number of carbonyl (C=O) groups is 1. The highest BCUT2D eigenvalue weighted by atomic mass is 35.5. The SMILES string of the molecule is Cl.O=C(N[C@@H]1CCCNC1)c1cc(Cl)cc([N+](=O)[O-])c1. The number of nitro groups is 1. The van der Waals surface area contributed by atoms with Gasteiger partial charge in [-0.25, -0.2) is 0 Å². The van der Waals surface area contributed by atoms with Crippen molar-refractivity contribution >= 4 is 35.6 Å². The van der Waals surface area contributed by atoms with Crippen molar-refractivity contribution in [2.24, 2.45) is 0 Å². The topological polar surface area (TPSA) is 84.3 Å². The van der Waals surface area contributed by atoms with Crippen LogP contribution in [0.15, 0.2) is 18.2 Å². The molecule has 0 radical (unpaired) electrons. The molecular weight excluding hydrogens is 305 g/mol. The molecule has 1 amide bonds. The lowest BCUT2D eigenvalue weighted by Crippen LogP contribution is -2.45. The highest BCUT2D eigenvalue weighted by Crippen LogP contribution is 2.21. The van der Waals surface area contributed by atoms with Gasteiger partial charge in [0.15, 0.2) is 0 Å². The molecule has 6 nitrogen and oxygen atoms in total. The number of hydrogen-bond donors (Lipinski definition) is 2. The van der Waals surface area contributed by atoms with E-state index in [1.165, 1.54) is 18.2 Å². The maximum Gasteiger partial charge on any atom is 0.271 e. The summed E-state index contributed by atoms with van der Waals surface area (Å²) in [4.78, 5) is 22.2. The van der Waals surface area contributed by atoms with Crippen LogP contribution < -0.4 is 10.6 Å². The molecule has 1 aromatic rings. The Hall–Kier alpha value is -1.37. The molecule has 2 N–H and O–H groups in total. The molecule has 1 aromatic carbocycles. The molecule has 0 unspecified atom stereocenters. The van der Waals surface area contributed by atoms with Crippen molar-refractivity contribution in [2.75, 3.05) is 13.1 Å². The molecule has 1 fully saturated rings. The largest absolute Gasteiger partial charge is 0.348 e. The van der Waals surface area contributed by atoms with E-state index in [2.05, 4.69) is 10.6 Å². The van der Waals surface area contributed by atoms with Crippen LogP contribution in [0.1, 0.15) is 23.2 Å². The Bertz CT molecular complexity index is 505. The first-order valence-electron chi connectivity index (χ1n) is 6.03. The van der Waals surface area contributed by atoms with Crippen LogP contribution in [-0.2, 0) is 0 Å². The number of nitrogens with zero attached hydrogens (tertiary/aromatic N) is 1. The number of rotatable bonds is 3. The molecule has 1 saturated heterocycles. The van der Waals surface area contributed by atoms with Gasteiger partial charge in [-0.3, -0.25) is 14.9 Å². The molecule has 0 aromatic heterocycles. The van der Waals surface area contributed by atoms with E-state index in [4.69, 9.17) is 11.6 Å². The van der Waals surface area contributed by atoms with Crippen molar-refractivity contribution in [3.8, 4) is 0 Å². The third kappa shape index (κ3) is 4.33. The average molecular weight is 320 g/mol. The molecule has 0 saturated carbocycles. The van der Waals surface area contributed by atoms with Crippen molar-refractivity contribution in [1.82, 2.24) is 10.6 Å². The van der Waals surface area contributed by atoms with Crippen molar-refractivity contribution in [1.29, 1.82) is 0 Å². The number of benzene rings is 1. The number of non-ortho nitro benzene ring substituents is 1. The smallest absolute Gasteiger partial charge is 0.271 e. The van der Waals surface area contributed by atoms with Crippen LogP contribution in [0.4, 0.5) is 5.69 Å². The highest BCUT2D eigenvalue weighted by molar-refractivity contribution is 6.31. The Labute approximate surface area is 127 Å². The zero-order chi connectivity index (χ0) is 13.8. The lowest BCUT2D eigenvalue weighted by molar-refractivity contribution is -0.384. The minimum Gasteiger partial charge on any atom is -0.348 e. The summed E-state index contributed by atoms with van der Waals surface area (Å²) in [6.07, 6.45) is 1.90. The van der Waals surface area contributed by atoms with E-state index in [1.807, 2.05) is 0 Å². The molecule has 0 spiro atoms. The summed E-state index contributed by atoms with van der Waals surface area (Å²) >= 11 is 5.78. The van der Waals surface area contributed by atoms with Crippen LogP contribution in [0.2, 0.25) is 5.02 Å². The predicted molar refractivity (Wildman–Crippen MR) is 78.7 cm³/mol. The molecule has 8 heteroatoms. The molecule has 2 rings (SSSR count). The van der Waals surface area contributed by atoms with Crippen molar-refractivity contribution in [2.45, 2.75) is 18.9 Å². The maximum absolute atomic E-state index is 12.0. The first-order chi connectivity index (χ1) is 9.06. The number of halogens is 2. The van der Waals surface area contributed by atoms with Crippen molar-refractivity contribution in [3.63, 3.8) is 0 Å². The van der Waals surface area contributed by atoms with Gasteiger partial charge in [-0.15, -0.1) is 12.4 Å². The van der Waals surface area contributed by atoms with E-state index in [1.54, 1.807) is 0 Å². The van der Waals surface area contributed by atoms with Crippen LogP contribution >= 0.6 is 24.0 Å². The zero-order valence-electron chi connectivity index (χ0n) is 10.6. The number of nitro benzene ring substituents is 1. The van der Waals surface area contributed by atoms with Crippen molar-refractivity contribution in [3.05, 3.63) is 38.9 Å². The summed E-state index contributed by atoms with van der Waals surface area (Å²) in [6.45, 7) is 1.67. The predicted octanol–water partition coefficient (Wildman–Crippen LogP) is 2.15. The van der Waals surface area contributed by atoms with Gasteiger partial charge in [0.25, 0.3) is 11.6 Å². The van der Waals surface area contributed by atoms with Gasteiger partial charge in [0, 0.05) is 35.3 Å². The van der Waals surface area contributed by atoms with Gasteiger partial charge in [-0.1, -0.05) is 11.6 Å². The Balaban J connectivity index is 0.00000200. The number of piperidine rings is 1. The second kappa shape index (κ2) is 7.42. The van der Waals surface area contributed by atoms with Crippen LogP contribution in [0, 0.1) is 10.1 Å². The fourth-order valence-corrected chi connectivity index (χ4v) is 2.28. The van der Waals surface area contributed by atoms with E-state index in [-0.39, 0.29) is 40.6 Å². The number of amides is 1. The lowest BCUT2D eigenvalue weighted by atomic mass is 10.1. The second-order valence-electron chi connectivity index (χ2n) is 4.47. The van der Waals surface area contributed by atoms with Crippen molar-refractivity contribution < 1.29 is 9.72 Å². The summed E-state index contributed by atoms with van der Waals surface area (Å²) < 4.78 is 0. The Morgan fingerprint density at radius 2 is 2.20 bits per heavy atom. The van der Waals surface area contributed by atoms with E-state index in [0.717, 1.165) is 19.4 Å². The molecule has 20 heavy (non-hydrogen) atoms. The van der Waals surface area contributed by atoms with Crippen LogP contribution in [-0.4, -0.2) is 30.0 Å². The van der Waals surface area contributed by atoms with Crippen LogP contribution in [0.3, 0.4) is 0 Å². The molecule has 1 aliphatic rings. The molecule has 1 aliphatic heterocycles. The Kier molecular flexibility index (Phi) is 6.19. The summed E-state index contributed by atoms with van der Waals surface area (Å²) in [7, 11) is 0. The average Bonchev–Trinajstić information content (AvgIpc) is 2.39. The minimum atomic E-state index is -0.565. The second-order valence-corrected chi connectivity index (χ2v) is 4.91. The Morgan fingerprint density at radius 1 is 1.45 bits per heavy atom. The maximum atomic E-state index is 12.0. The normalized spacial score (nSPS) is 17.9. The standard InChI is InChI=1S/C12H14ClN3O3.ClH/c13-9-4-8(5-11(6-9)16(18)19)12(17)15-10-2-1-3-14-7-10;/h4-6,10,14H,1-3,7H2,(H,15,17);1H/t10-;/m1./s1. The quantitative estimate of drug-likeness (QED) is 0.660. The number of carbonyl (C=O) groups excluding carboxylic acids is 1. The zero-order valence-corrected chi connectivity index (χ0v) is 12.2. The van der Waals surface area contributed by atoms with Gasteiger partial charge in [0.2, 0.25) is 0 Å². The molecule has 110 valence electrons. The Morgan fingerprint density at radius 3 is 2.80 bits per heavy atom. The summed E-state index contributed by atoms with van der Waals surface area (Å²) in [5.41, 5.74) is 0.0317. The number of hydrogen-bond acceptors (Lipinski definition) is 4. The lowest BCUT2D eigenvalue weighted by Gasteiger charge is -2.23. The van der Waals surface area contributed by atoms with Gasteiger partial charge in [0.1, 0.15) is 0 Å². The third-order valence-electron chi connectivity index (χ3n) is 2.99. The van der Waals surface area contributed by atoms with Crippen LogP contribution in [0.25, 0.3) is 0 Å². The molecule has 0 bridgehead atoms. The van der Waals surface area contributed by atoms with E-state index in [9.17, 15) is 14.9 Å². The van der Waals surface area contributed by atoms with Crippen LogP contribution in [0.5, 0.6) is 0 Å². The minimum absolute atomic E-state index is 0. The van der Waals surface area contributed by atoms with Gasteiger partial charge in [-0.2, -0.15) is 0 Å². The third-order valence-corrected chi connectivity index (χ3v) is 3.21. The van der Waals surface area contributed by atoms with Gasteiger partial charge < -0.3 is 10.6 Å². The molecule has 0 aliphatic carbocycles. The van der Waals surface area contributed by atoms with E-state index >= 15 is 0 Å². The molecule has 1 atom stereocenters. The van der Waals surface area contributed by atoms with Gasteiger partial charge in [-0.05, 0) is 25.5 Å². The first kappa shape index (κ1) is 16.7. The summed E-state index contributed by atoms with van der Waals surface area (Å²) in [5, 5.41) is 16.9. The molecule has 1 heterocycles. The fraction of sp³-hybridized carbons (Fsp3) is 0.417. The van der Waals surface area contributed by atoms with E-state index in [0.29, 0.717) is 6.54 Å². The van der Waals surface area contributed by atoms with E-state index < -0.39 is 4.92 Å².